The topological polar surface area (TPSA) is 60.2 Å². The van der Waals surface area contributed by atoms with Crippen molar-refractivity contribution < 1.29 is 13.7 Å². The maximum atomic E-state index is 12.8. The summed E-state index contributed by atoms with van der Waals surface area (Å²) in [5.74, 6) is 0.573. The van der Waals surface area contributed by atoms with Gasteiger partial charge in [0.2, 0.25) is 5.82 Å². The first-order chi connectivity index (χ1) is 9.15. The first kappa shape index (κ1) is 12.3. The van der Waals surface area contributed by atoms with Gasteiger partial charge in [-0.05, 0) is 31.2 Å². The molecule has 2 heterocycles. The van der Waals surface area contributed by atoms with E-state index in [0.29, 0.717) is 17.3 Å². The van der Waals surface area contributed by atoms with Gasteiger partial charge in [0.1, 0.15) is 12.4 Å². The monoisotopic (exact) mass is 263 g/mol. The Morgan fingerprint density at radius 1 is 1.37 bits per heavy atom. The molecule has 1 aliphatic rings. The highest BCUT2D eigenvalue weighted by atomic mass is 19.1. The third kappa shape index (κ3) is 2.64. The molecule has 3 rings (SSSR count). The van der Waals surface area contributed by atoms with E-state index < -0.39 is 0 Å². The molecule has 0 radical (unpaired) electrons. The van der Waals surface area contributed by atoms with E-state index in [-0.39, 0.29) is 18.0 Å². The molecule has 1 aromatic heterocycles. The van der Waals surface area contributed by atoms with Gasteiger partial charge in [-0.1, -0.05) is 5.16 Å². The number of nitrogens with one attached hydrogen (secondary N) is 1. The van der Waals surface area contributed by atoms with Crippen molar-refractivity contribution in [3.05, 3.63) is 36.0 Å². The molecular weight excluding hydrogens is 249 g/mol. The molecule has 19 heavy (non-hydrogen) atoms. The van der Waals surface area contributed by atoms with E-state index in [0.717, 1.165) is 13.1 Å². The number of nitrogens with zero attached hydrogens (tertiary/aromatic N) is 2. The van der Waals surface area contributed by atoms with Crippen molar-refractivity contribution in [1.82, 2.24) is 15.5 Å². The number of halogens is 1. The van der Waals surface area contributed by atoms with Crippen LogP contribution in [0.15, 0.2) is 28.8 Å². The van der Waals surface area contributed by atoms with E-state index in [1.807, 2.05) is 6.92 Å². The lowest BCUT2D eigenvalue weighted by molar-refractivity contribution is -0.0841. The molecule has 0 amide bonds. The molecule has 100 valence electrons. The summed E-state index contributed by atoms with van der Waals surface area (Å²) in [7, 11) is 0. The molecule has 5 nitrogen and oxygen atoms in total. The summed E-state index contributed by atoms with van der Waals surface area (Å²) >= 11 is 0. The third-order valence-electron chi connectivity index (χ3n) is 3.11. The van der Waals surface area contributed by atoms with Crippen molar-refractivity contribution in [3.63, 3.8) is 0 Å². The highest BCUT2D eigenvalue weighted by Crippen LogP contribution is 2.19. The standard InChI is InChI=1S/C13H14FN3O2/c1-13(7-15-8-13)18-6-11-16-12(17-19-11)9-2-4-10(14)5-3-9/h2-5,15H,6-8H2,1H3. The van der Waals surface area contributed by atoms with Crippen LogP contribution in [0.1, 0.15) is 12.8 Å². The number of hydrogen-bond donors (Lipinski definition) is 1. The first-order valence-electron chi connectivity index (χ1n) is 6.08. The predicted molar refractivity (Wildman–Crippen MR) is 65.8 cm³/mol. The van der Waals surface area contributed by atoms with Gasteiger partial charge in [0.15, 0.2) is 0 Å². The quantitative estimate of drug-likeness (QED) is 0.910. The number of ether oxygens (including phenoxy) is 1. The molecule has 0 saturated carbocycles. The van der Waals surface area contributed by atoms with Gasteiger partial charge in [-0.3, -0.25) is 0 Å². The Bertz CT molecular complexity index is 564. The van der Waals surface area contributed by atoms with Crippen molar-refractivity contribution in [2.45, 2.75) is 19.1 Å². The van der Waals surface area contributed by atoms with Crippen LogP contribution in [0, 0.1) is 5.82 Å². The minimum atomic E-state index is -0.291. The van der Waals surface area contributed by atoms with E-state index >= 15 is 0 Å². The Balaban J connectivity index is 1.67. The summed E-state index contributed by atoms with van der Waals surface area (Å²) in [5.41, 5.74) is 0.567. The fraction of sp³-hybridized carbons (Fsp3) is 0.385. The average molecular weight is 263 g/mol. The molecule has 1 aliphatic heterocycles. The minimum Gasteiger partial charge on any atom is -0.363 e. The Morgan fingerprint density at radius 3 is 2.74 bits per heavy atom. The fourth-order valence-electron chi connectivity index (χ4n) is 1.84. The minimum absolute atomic E-state index is 0.148. The number of rotatable bonds is 4. The van der Waals surface area contributed by atoms with Crippen LogP contribution in [-0.4, -0.2) is 28.8 Å². The Morgan fingerprint density at radius 2 is 2.11 bits per heavy atom. The molecule has 1 fully saturated rings. The van der Waals surface area contributed by atoms with Gasteiger partial charge in [-0.2, -0.15) is 4.98 Å². The fourth-order valence-corrected chi connectivity index (χ4v) is 1.84. The van der Waals surface area contributed by atoms with E-state index in [2.05, 4.69) is 15.5 Å². The number of hydrogen-bond acceptors (Lipinski definition) is 5. The van der Waals surface area contributed by atoms with Gasteiger partial charge in [0, 0.05) is 18.7 Å². The summed E-state index contributed by atoms with van der Waals surface area (Å²) < 4.78 is 23.6. The normalized spacial score (nSPS) is 17.2. The van der Waals surface area contributed by atoms with Gasteiger partial charge in [0.05, 0.1) is 5.60 Å². The van der Waals surface area contributed by atoms with Crippen LogP contribution < -0.4 is 5.32 Å². The molecular formula is C13H14FN3O2. The predicted octanol–water partition coefficient (Wildman–Crippen LogP) is 1.75. The Kier molecular flexibility index (Phi) is 3.04. The lowest BCUT2D eigenvalue weighted by Gasteiger charge is -2.38. The maximum Gasteiger partial charge on any atom is 0.252 e. The van der Waals surface area contributed by atoms with Crippen molar-refractivity contribution in [1.29, 1.82) is 0 Å². The zero-order valence-corrected chi connectivity index (χ0v) is 10.5. The molecule has 0 atom stereocenters. The second-order valence-corrected chi connectivity index (χ2v) is 4.86. The van der Waals surface area contributed by atoms with Gasteiger partial charge in [-0.15, -0.1) is 0 Å². The zero-order chi connectivity index (χ0) is 13.3. The van der Waals surface area contributed by atoms with Crippen molar-refractivity contribution in [3.8, 4) is 11.4 Å². The number of benzene rings is 1. The van der Waals surface area contributed by atoms with E-state index in [4.69, 9.17) is 9.26 Å². The zero-order valence-electron chi connectivity index (χ0n) is 10.5. The van der Waals surface area contributed by atoms with Crippen molar-refractivity contribution >= 4 is 0 Å². The highest BCUT2D eigenvalue weighted by Gasteiger charge is 2.33. The van der Waals surface area contributed by atoms with Crippen LogP contribution in [0.5, 0.6) is 0 Å². The highest BCUT2D eigenvalue weighted by molar-refractivity contribution is 5.53. The van der Waals surface area contributed by atoms with E-state index in [1.54, 1.807) is 12.1 Å². The first-order valence-corrected chi connectivity index (χ1v) is 6.08. The van der Waals surface area contributed by atoms with Crippen molar-refractivity contribution in [2.75, 3.05) is 13.1 Å². The lowest BCUT2D eigenvalue weighted by atomic mass is 10.0. The van der Waals surface area contributed by atoms with E-state index in [1.165, 1.54) is 12.1 Å². The smallest absolute Gasteiger partial charge is 0.252 e. The van der Waals surface area contributed by atoms with Crippen molar-refractivity contribution in [2.24, 2.45) is 0 Å². The summed E-state index contributed by atoms with van der Waals surface area (Å²) in [4.78, 5) is 4.23. The molecule has 1 N–H and O–H groups in total. The SMILES string of the molecule is CC1(OCc2nc(-c3ccc(F)cc3)no2)CNC1. The van der Waals surface area contributed by atoms with Crippen LogP contribution in [-0.2, 0) is 11.3 Å². The lowest BCUT2D eigenvalue weighted by Crippen LogP contribution is -2.58. The second kappa shape index (κ2) is 4.71. The van der Waals surface area contributed by atoms with Gasteiger partial charge >= 0.3 is 0 Å². The molecule has 0 aliphatic carbocycles. The third-order valence-corrected chi connectivity index (χ3v) is 3.11. The summed E-state index contributed by atoms with van der Waals surface area (Å²) in [6.07, 6.45) is 0. The Hall–Kier alpha value is -1.79. The summed E-state index contributed by atoms with van der Waals surface area (Å²) in [6.45, 7) is 3.96. The largest absolute Gasteiger partial charge is 0.363 e. The van der Waals surface area contributed by atoms with Gasteiger partial charge < -0.3 is 14.6 Å². The van der Waals surface area contributed by atoms with Crippen LogP contribution in [0.2, 0.25) is 0 Å². The van der Waals surface area contributed by atoms with Crippen LogP contribution in [0.25, 0.3) is 11.4 Å². The second-order valence-electron chi connectivity index (χ2n) is 4.86. The maximum absolute atomic E-state index is 12.8. The molecule has 1 aromatic carbocycles. The molecule has 1 saturated heterocycles. The van der Waals surface area contributed by atoms with Crippen LogP contribution >= 0.6 is 0 Å². The molecule has 0 bridgehead atoms. The van der Waals surface area contributed by atoms with E-state index in [9.17, 15) is 4.39 Å². The molecule has 2 aromatic rings. The Labute approximate surface area is 109 Å². The molecule has 0 unspecified atom stereocenters. The summed E-state index contributed by atoms with van der Waals surface area (Å²) in [6, 6.07) is 5.95. The average Bonchev–Trinajstić information content (AvgIpc) is 2.84. The van der Waals surface area contributed by atoms with Crippen LogP contribution in [0.4, 0.5) is 4.39 Å². The molecule has 6 heteroatoms. The van der Waals surface area contributed by atoms with Crippen LogP contribution in [0.3, 0.4) is 0 Å². The number of aromatic nitrogens is 2. The summed E-state index contributed by atoms with van der Waals surface area (Å²) in [5, 5.41) is 7.00. The van der Waals surface area contributed by atoms with Gasteiger partial charge in [0.25, 0.3) is 5.89 Å². The molecule has 0 spiro atoms. The van der Waals surface area contributed by atoms with Gasteiger partial charge in [-0.25, -0.2) is 4.39 Å².